The molecule has 1 unspecified atom stereocenters. The molecule has 2 N–H and O–H groups in total. The number of rotatable bonds is 3. The molecular weight excluding hydrogens is 126 g/mol. The first-order valence-corrected chi connectivity index (χ1v) is 3.18. The number of hydrogen-bond acceptors (Lipinski definition) is 1. The maximum atomic E-state index is 10.5. The minimum absolute atomic E-state index is 0.215. The predicted molar refractivity (Wildman–Crippen MR) is 42.3 cm³/mol. The van der Waals surface area contributed by atoms with Crippen molar-refractivity contribution in [3.8, 4) is 0 Å². The zero-order chi connectivity index (χ0) is 8.15. The summed E-state index contributed by atoms with van der Waals surface area (Å²) in [4.78, 5) is 10.5. The Bertz CT molecular complexity index is 170. The van der Waals surface area contributed by atoms with Crippen LogP contribution in [0.1, 0.15) is 13.8 Å². The summed E-state index contributed by atoms with van der Waals surface area (Å²) >= 11 is 0. The van der Waals surface area contributed by atoms with Crippen molar-refractivity contribution < 1.29 is 4.79 Å². The maximum absolute atomic E-state index is 10.5. The van der Waals surface area contributed by atoms with Gasteiger partial charge < -0.3 is 5.73 Å². The summed E-state index contributed by atoms with van der Waals surface area (Å²) in [7, 11) is 0. The Hall–Kier alpha value is -1.05. The highest BCUT2D eigenvalue weighted by Gasteiger charge is 1.97. The Balaban J connectivity index is 4.15. The topological polar surface area (TPSA) is 43.1 Å². The molecular formula is C8H13NO. The highest BCUT2D eigenvalue weighted by Crippen LogP contribution is 2.02. The largest absolute Gasteiger partial charge is 0.366 e. The molecule has 10 heavy (non-hydrogen) atoms. The van der Waals surface area contributed by atoms with E-state index in [2.05, 4.69) is 6.58 Å². The molecule has 0 bridgehead atoms. The number of nitrogens with two attached hydrogens (primary N) is 1. The van der Waals surface area contributed by atoms with Crippen molar-refractivity contribution in [1.82, 2.24) is 0 Å². The van der Waals surface area contributed by atoms with Gasteiger partial charge in [0.2, 0.25) is 5.91 Å². The summed E-state index contributed by atoms with van der Waals surface area (Å²) in [5.74, 6) is -0.152. The van der Waals surface area contributed by atoms with Crippen molar-refractivity contribution in [1.29, 1.82) is 0 Å². The molecule has 0 spiro atoms. The summed E-state index contributed by atoms with van der Waals surface area (Å²) in [6, 6.07) is 0. The Morgan fingerprint density at radius 2 is 2.20 bits per heavy atom. The average molecular weight is 139 g/mol. The summed E-state index contributed by atoms with van der Waals surface area (Å²) in [6.45, 7) is 7.22. The molecule has 0 saturated carbocycles. The van der Waals surface area contributed by atoms with Crippen LogP contribution < -0.4 is 5.73 Å². The second kappa shape index (κ2) is 3.88. The van der Waals surface area contributed by atoms with E-state index < -0.39 is 0 Å². The fraction of sp³-hybridized carbons (Fsp3) is 0.375. The van der Waals surface area contributed by atoms with Crippen LogP contribution in [0.4, 0.5) is 0 Å². The van der Waals surface area contributed by atoms with E-state index in [1.807, 2.05) is 6.92 Å². The number of amides is 1. The van der Waals surface area contributed by atoms with Gasteiger partial charge in [-0.1, -0.05) is 19.1 Å². The van der Waals surface area contributed by atoms with Gasteiger partial charge in [0.05, 0.1) is 0 Å². The van der Waals surface area contributed by atoms with Gasteiger partial charge in [-0.2, -0.15) is 0 Å². The zero-order valence-electron chi connectivity index (χ0n) is 6.42. The number of hydrogen-bond donors (Lipinski definition) is 1. The lowest BCUT2D eigenvalue weighted by atomic mass is 10.1. The van der Waals surface area contributed by atoms with Crippen molar-refractivity contribution in [2.45, 2.75) is 13.8 Å². The molecule has 0 fully saturated rings. The smallest absolute Gasteiger partial charge is 0.244 e. The zero-order valence-corrected chi connectivity index (χ0v) is 6.42. The Morgan fingerprint density at radius 3 is 2.50 bits per heavy atom. The first-order chi connectivity index (χ1) is 4.57. The lowest BCUT2D eigenvalue weighted by Crippen LogP contribution is -2.12. The van der Waals surface area contributed by atoms with Gasteiger partial charge in [0.25, 0.3) is 0 Å². The molecule has 0 heterocycles. The molecule has 1 amide bonds. The molecule has 2 nitrogen and oxygen atoms in total. The van der Waals surface area contributed by atoms with E-state index in [1.54, 1.807) is 19.1 Å². The van der Waals surface area contributed by atoms with Gasteiger partial charge in [-0.25, -0.2) is 0 Å². The van der Waals surface area contributed by atoms with Crippen LogP contribution in [0.25, 0.3) is 0 Å². The van der Waals surface area contributed by atoms with Crippen LogP contribution in [0.5, 0.6) is 0 Å². The van der Waals surface area contributed by atoms with Crippen molar-refractivity contribution in [2.75, 3.05) is 0 Å². The molecule has 0 radical (unpaired) electrons. The third-order valence-electron chi connectivity index (χ3n) is 1.27. The van der Waals surface area contributed by atoms with Crippen LogP contribution in [0, 0.1) is 5.92 Å². The molecule has 0 aromatic rings. The number of carbonyl (C=O) groups excluding carboxylic acids is 1. The van der Waals surface area contributed by atoms with Gasteiger partial charge in [-0.05, 0) is 12.8 Å². The quantitative estimate of drug-likeness (QED) is 0.464. The lowest BCUT2D eigenvalue weighted by molar-refractivity contribution is -0.114. The minimum atomic E-state index is -0.367. The Labute approximate surface area is 61.4 Å². The van der Waals surface area contributed by atoms with Crippen LogP contribution in [0.3, 0.4) is 0 Å². The average Bonchev–Trinajstić information content (AvgIpc) is 1.87. The second-order valence-electron chi connectivity index (χ2n) is 2.31. The summed E-state index contributed by atoms with van der Waals surface area (Å²) < 4.78 is 0. The van der Waals surface area contributed by atoms with Gasteiger partial charge in [-0.3, -0.25) is 4.79 Å². The van der Waals surface area contributed by atoms with Gasteiger partial charge >= 0.3 is 0 Å². The summed E-state index contributed by atoms with van der Waals surface area (Å²) in [5.41, 5.74) is 5.59. The minimum Gasteiger partial charge on any atom is -0.366 e. The molecule has 0 aliphatic rings. The third-order valence-corrected chi connectivity index (χ3v) is 1.27. The molecule has 0 aliphatic carbocycles. The first kappa shape index (κ1) is 8.95. The van der Waals surface area contributed by atoms with Crippen LogP contribution in [-0.2, 0) is 4.79 Å². The monoisotopic (exact) mass is 139 g/mol. The molecule has 0 saturated heterocycles. The summed E-state index contributed by atoms with van der Waals surface area (Å²) in [6.07, 6.45) is 3.54. The second-order valence-corrected chi connectivity index (χ2v) is 2.31. The van der Waals surface area contributed by atoms with Crippen molar-refractivity contribution in [2.24, 2.45) is 11.7 Å². The van der Waals surface area contributed by atoms with Gasteiger partial charge in [0.15, 0.2) is 0 Å². The highest BCUT2D eigenvalue weighted by atomic mass is 16.1. The third kappa shape index (κ3) is 3.07. The summed E-state index contributed by atoms with van der Waals surface area (Å²) in [5, 5.41) is 0. The van der Waals surface area contributed by atoms with Crippen LogP contribution in [-0.4, -0.2) is 5.91 Å². The van der Waals surface area contributed by atoms with E-state index in [0.717, 1.165) is 0 Å². The molecule has 2 heteroatoms. The van der Waals surface area contributed by atoms with E-state index in [0.29, 0.717) is 5.57 Å². The Morgan fingerprint density at radius 1 is 1.70 bits per heavy atom. The van der Waals surface area contributed by atoms with Crippen molar-refractivity contribution in [3.05, 3.63) is 24.3 Å². The van der Waals surface area contributed by atoms with E-state index >= 15 is 0 Å². The first-order valence-electron chi connectivity index (χ1n) is 3.18. The molecule has 0 aliphatic heterocycles. The SMILES string of the molecule is C=CC(C)C=C(C)C(N)=O. The normalized spacial score (nSPS) is 14.4. The molecule has 0 aromatic heterocycles. The Kier molecular flexibility index (Phi) is 3.47. The molecule has 1 atom stereocenters. The fourth-order valence-electron chi connectivity index (χ4n) is 0.545. The fourth-order valence-corrected chi connectivity index (χ4v) is 0.545. The van der Waals surface area contributed by atoms with Gasteiger partial charge in [0.1, 0.15) is 0 Å². The predicted octanol–water partition coefficient (Wildman–Crippen LogP) is 1.24. The van der Waals surface area contributed by atoms with E-state index in [4.69, 9.17) is 5.73 Å². The molecule has 0 rings (SSSR count). The highest BCUT2D eigenvalue weighted by molar-refractivity contribution is 5.91. The number of carbonyl (C=O) groups is 1. The van der Waals surface area contributed by atoms with Crippen LogP contribution >= 0.6 is 0 Å². The lowest BCUT2D eigenvalue weighted by Gasteiger charge is -1.98. The van der Waals surface area contributed by atoms with Crippen LogP contribution in [0.2, 0.25) is 0 Å². The van der Waals surface area contributed by atoms with Gasteiger partial charge in [-0.15, -0.1) is 6.58 Å². The van der Waals surface area contributed by atoms with Gasteiger partial charge in [0, 0.05) is 5.57 Å². The van der Waals surface area contributed by atoms with E-state index in [9.17, 15) is 4.79 Å². The number of allylic oxidation sites excluding steroid dienone is 2. The van der Waals surface area contributed by atoms with Crippen molar-refractivity contribution in [3.63, 3.8) is 0 Å². The van der Waals surface area contributed by atoms with Crippen LogP contribution in [0.15, 0.2) is 24.3 Å². The van der Waals surface area contributed by atoms with E-state index in [1.165, 1.54) is 0 Å². The molecule has 56 valence electrons. The molecule has 0 aromatic carbocycles. The standard InChI is InChI=1S/C8H13NO/c1-4-6(2)5-7(3)8(9)10/h4-6H,1H2,2-3H3,(H2,9,10). The van der Waals surface area contributed by atoms with Crippen molar-refractivity contribution >= 4 is 5.91 Å². The maximum Gasteiger partial charge on any atom is 0.244 e. The number of primary amides is 1. The van der Waals surface area contributed by atoms with E-state index in [-0.39, 0.29) is 11.8 Å².